The predicted molar refractivity (Wildman–Crippen MR) is 165 cm³/mol. The van der Waals surface area contributed by atoms with E-state index in [9.17, 15) is 9.59 Å². The van der Waals surface area contributed by atoms with E-state index >= 15 is 0 Å². The molecule has 2 aromatic carbocycles. The first kappa shape index (κ1) is 28.7. The highest BCUT2D eigenvalue weighted by Gasteiger charge is 2.45. The van der Waals surface area contributed by atoms with Gasteiger partial charge >= 0.3 is 0 Å². The SMILES string of the molecule is Cc1nn(-c2ccccc2)c(C)c1CN1CCC(C2C(=O)N[C@@H](CC3CCCCC3)C(=O)N2Cc2ccccc2)CC1. The minimum absolute atomic E-state index is 0.0422. The van der Waals surface area contributed by atoms with Crippen LogP contribution in [-0.4, -0.2) is 56.6 Å². The molecule has 1 aliphatic carbocycles. The van der Waals surface area contributed by atoms with Gasteiger partial charge in [0.2, 0.25) is 11.8 Å². The number of likely N-dealkylation sites (tertiary alicyclic amines) is 1. The maximum absolute atomic E-state index is 14.0. The normalized spacial score (nSPS) is 22.9. The van der Waals surface area contributed by atoms with Crippen LogP contribution in [0, 0.1) is 25.7 Å². The van der Waals surface area contributed by atoms with Gasteiger partial charge in [-0.2, -0.15) is 5.10 Å². The van der Waals surface area contributed by atoms with Gasteiger partial charge in [-0.3, -0.25) is 14.5 Å². The highest BCUT2D eigenvalue weighted by molar-refractivity contribution is 5.97. The van der Waals surface area contributed by atoms with Crippen molar-refractivity contribution in [1.82, 2.24) is 24.9 Å². The van der Waals surface area contributed by atoms with Gasteiger partial charge in [0, 0.05) is 24.3 Å². The van der Waals surface area contributed by atoms with Gasteiger partial charge in [0.15, 0.2) is 0 Å². The first-order chi connectivity index (χ1) is 20.5. The van der Waals surface area contributed by atoms with Gasteiger partial charge in [0.1, 0.15) is 12.1 Å². The molecule has 1 aromatic heterocycles. The zero-order chi connectivity index (χ0) is 29.1. The van der Waals surface area contributed by atoms with E-state index in [0.29, 0.717) is 12.5 Å². The zero-order valence-electron chi connectivity index (χ0n) is 25.2. The van der Waals surface area contributed by atoms with Gasteiger partial charge < -0.3 is 10.2 Å². The monoisotopic (exact) mass is 567 g/mol. The molecule has 1 N–H and O–H groups in total. The maximum atomic E-state index is 14.0. The molecule has 222 valence electrons. The Morgan fingerprint density at radius 2 is 1.50 bits per heavy atom. The van der Waals surface area contributed by atoms with Crippen molar-refractivity contribution in [2.24, 2.45) is 11.8 Å². The number of carbonyl (C=O) groups is 2. The third-order valence-electron chi connectivity index (χ3n) is 9.89. The average molecular weight is 568 g/mol. The number of para-hydroxylation sites is 1. The molecule has 3 heterocycles. The number of amides is 2. The number of carbonyl (C=O) groups excluding carboxylic acids is 2. The van der Waals surface area contributed by atoms with Crippen molar-refractivity contribution < 1.29 is 9.59 Å². The molecule has 0 spiro atoms. The van der Waals surface area contributed by atoms with Crippen LogP contribution in [0.5, 0.6) is 0 Å². The molecule has 42 heavy (non-hydrogen) atoms. The third-order valence-corrected chi connectivity index (χ3v) is 9.89. The van der Waals surface area contributed by atoms with Crippen molar-refractivity contribution in [3.8, 4) is 5.69 Å². The molecule has 0 radical (unpaired) electrons. The van der Waals surface area contributed by atoms with E-state index < -0.39 is 12.1 Å². The summed E-state index contributed by atoms with van der Waals surface area (Å²) in [7, 11) is 0. The van der Waals surface area contributed by atoms with Crippen molar-refractivity contribution in [2.45, 2.75) is 90.4 Å². The minimum Gasteiger partial charge on any atom is -0.342 e. The number of aryl methyl sites for hydroxylation is 1. The first-order valence-electron chi connectivity index (χ1n) is 16.0. The van der Waals surface area contributed by atoms with Gasteiger partial charge in [-0.1, -0.05) is 80.6 Å². The van der Waals surface area contributed by atoms with Crippen LogP contribution in [0.1, 0.15) is 73.9 Å². The van der Waals surface area contributed by atoms with Crippen molar-refractivity contribution in [3.05, 3.63) is 83.2 Å². The Kier molecular flexibility index (Phi) is 8.75. The quantitative estimate of drug-likeness (QED) is 0.387. The van der Waals surface area contributed by atoms with Crippen LogP contribution in [0.25, 0.3) is 5.69 Å². The zero-order valence-corrected chi connectivity index (χ0v) is 25.2. The van der Waals surface area contributed by atoms with Gasteiger partial charge in [0.25, 0.3) is 0 Å². The van der Waals surface area contributed by atoms with Crippen molar-refractivity contribution in [2.75, 3.05) is 13.1 Å². The summed E-state index contributed by atoms with van der Waals surface area (Å²) in [6, 6.07) is 19.6. The number of hydrogen-bond donors (Lipinski definition) is 1. The smallest absolute Gasteiger partial charge is 0.246 e. The molecule has 2 saturated heterocycles. The Labute approximate surface area is 250 Å². The van der Waals surface area contributed by atoms with Crippen molar-refractivity contribution in [1.29, 1.82) is 0 Å². The Hall–Kier alpha value is -3.45. The van der Waals surface area contributed by atoms with E-state index in [2.05, 4.69) is 48.3 Å². The van der Waals surface area contributed by atoms with E-state index in [1.807, 2.05) is 46.0 Å². The molecule has 6 rings (SSSR count). The number of aromatic nitrogens is 2. The van der Waals surface area contributed by atoms with E-state index in [1.165, 1.54) is 43.4 Å². The summed E-state index contributed by atoms with van der Waals surface area (Å²) >= 11 is 0. The Bertz CT molecular complexity index is 1360. The molecule has 2 aliphatic heterocycles. The number of rotatable bonds is 8. The molecule has 2 amide bonds. The Morgan fingerprint density at radius 1 is 0.833 bits per heavy atom. The molecule has 3 aromatic rings. The number of benzene rings is 2. The Morgan fingerprint density at radius 3 is 2.19 bits per heavy atom. The van der Waals surface area contributed by atoms with Crippen molar-refractivity contribution in [3.63, 3.8) is 0 Å². The van der Waals surface area contributed by atoms with Crippen LogP contribution in [0.2, 0.25) is 0 Å². The van der Waals surface area contributed by atoms with E-state index in [4.69, 9.17) is 5.10 Å². The second-order valence-electron chi connectivity index (χ2n) is 12.7. The van der Waals surface area contributed by atoms with Gasteiger partial charge in [-0.25, -0.2) is 4.68 Å². The summed E-state index contributed by atoms with van der Waals surface area (Å²) in [5.41, 5.74) is 5.68. The van der Waals surface area contributed by atoms with Crippen LogP contribution >= 0.6 is 0 Å². The molecule has 7 heteroatoms. The van der Waals surface area contributed by atoms with Gasteiger partial charge in [0.05, 0.1) is 11.4 Å². The predicted octanol–water partition coefficient (Wildman–Crippen LogP) is 5.57. The number of nitrogens with zero attached hydrogens (tertiary/aromatic N) is 4. The highest BCUT2D eigenvalue weighted by Crippen LogP contribution is 2.33. The molecule has 1 unspecified atom stereocenters. The summed E-state index contributed by atoms with van der Waals surface area (Å²) < 4.78 is 2.04. The van der Waals surface area contributed by atoms with E-state index in [-0.39, 0.29) is 17.7 Å². The second kappa shape index (κ2) is 12.8. The minimum atomic E-state index is -0.410. The number of piperidine rings is 1. The third kappa shape index (κ3) is 6.17. The van der Waals surface area contributed by atoms with Crippen molar-refractivity contribution >= 4 is 11.8 Å². The maximum Gasteiger partial charge on any atom is 0.246 e. The fraction of sp³-hybridized carbons (Fsp3) is 0.514. The standard InChI is InChI=1S/C35H45N5O2/c1-25-31(26(2)40(37-25)30-16-10-5-11-17-30)24-38-20-18-29(19-21-38)33-34(41)36-32(22-27-12-6-3-7-13-27)35(42)39(33)23-28-14-8-4-9-15-28/h4-5,8-11,14-17,27,29,32-33H,3,6-7,12-13,18-24H2,1-2H3,(H,36,41)/t32-,33?/m0/s1. The topological polar surface area (TPSA) is 70.5 Å². The van der Waals surface area contributed by atoms with Crippen LogP contribution in [0.3, 0.4) is 0 Å². The summed E-state index contributed by atoms with van der Waals surface area (Å²) in [5.74, 6) is 0.833. The van der Waals surface area contributed by atoms with E-state index in [1.54, 1.807) is 0 Å². The molecular weight excluding hydrogens is 522 g/mol. The van der Waals surface area contributed by atoms with Gasteiger partial charge in [-0.05, 0) is 75.7 Å². The second-order valence-corrected chi connectivity index (χ2v) is 12.7. The van der Waals surface area contributed by atoms with E-state index in [0.717, 1.165) is 55.8 Å². The highest BCUT2D eigenvalue weighted by atomic mass is 16.2. The molecule has 7 nitrogen and oxygen atoms in total. The summed E-state index contributed by atoms with van der Waals surface area (Å²) in [6.07, 6.45) is 8.67. The molecule has 1 saturated carbocycles. The number of nitrogens with one attached hydrogen (secondary N) is 1. The lowest BCUT2D eigenvalue weighted by Crippen LogP contribution is -2.65. The van der Waals surface area contributed by atoms with Crippen LogP contribution in [0.4, 0.5) is 0 Å². The lowest BCUT2D eigenvalue weighted by atomic mass is 9.82. The largest absolute Gasteiger partial charge is 0.342 e. The summed E-state index contributed by atoms with van der Waals surface area (Å²) in [4.78, 5) is 32.2. The number of piperazine rings is 1. The van der Waals surface area contributed by atoms with Gasteiger partial charge in [-0.15, -0.1) is 0 Å². The summed E-state index contributed by atoms with van der Waals surface area (Å²) in [5, 5.41) is 8.05. The van der Waals surface area contributed by atoms with Crippen LogP contribution in [-0.2, 0) is 22.7 Å². The molecule has 0 bridgehead atoms. The lowest BCUT2D eigenvalue weighted by molar-refractivity contribution is -0.154. The molecular formula is C35H45N5O2. The van der Waals surface area contributed by atoms with Crippen LogP contribution in [0.15, 0.2) is 60.7 Å². The fourth-order valence-corrected chi connectivity index (χ4v) is 7.51. The first-order valence-corrected chi connectivity index (χ1v) is 16.0. The number of hydrogen-bond acceptors (Lipinski definition) is 4. The summed E-state index contributed by atoms with van der Waals surface area (Å²) in [6.45, 7) is 7.40. The lowest BCUT2D eigenvalue weighted by Gasteiger charge is -2.45. The average Bonchev–Trinajstić information content (AvgIpc) is 3.30. The fourth-order valence-electron chi connectivity index (χ4n) is 7.51. The van der Waals surface area contributed by atoms with Crippen LogP contribution < -0.4 is 5.32 Å². The molecule has 2 atom stereocenters. The Balaban J connectivity index is 1.14. The molecule has 3 aliphatic rings. The molecule has 3 fully saturated rings.